The van der Waals surface area contributed by atoms with Crippen molar-refractivity contribution in [2.45, 2.75) is 38.8 Å². The highest BCUT2D eigenvalue weighted by molar-refractivity contribution is 6.77. The van der Waals surface area contributed by atoms with Gasteiger partial charge in [-0.25, -0.2) is 0 Å². The molecule has 0 aliphatic carbocycles. The molecule has 1 atom stereocenters. The molecule has 1 aromatic rings. The van der Waals surface area contributed by atoms with Crippen molar-refractivity contribution in [2.24, 2.45) is 0 Å². The van der Waals surface area contributed by atoms with E-state index in [1.54, 1.807) is 0 Å². The molecule has 78 valence electrons. The lowest BCUT2D eigenvalue weighted by Gasteiger charge is -2.26. The first-order chi connectivity index (χ1) is 6.50. The van der Waals surface area contributed by atoms with Crippen LogP contribution in [-0.4, -0.2) is 13.7 Å². The van der Waals surface area contributed by atoms with Gasteiger partial charge in [0.2, 0.25) is 0 Å². The zero-order chi connectivity index (χ0) is 10.6. The van der Waals surface area contributed by atoms with E-state index in [2.05, 4.69) is 62.2 Å². The lowest BCUT2D eigenvalue weighted by molar-refractivity contribution is 0.659. The van der Waals surface area contributed by atoms with Crippen LogP contribution in [0.4, 0.5) is 0 Å². The second kappa shape index (κ2) is 4.76. The number of hydrogen-bond acceptors (Lipinski definition) is 1. The van der Waals surface area contributed by atoms with Crippen molar-refractivity contribution in [1.82, 2.24) is 5.32 Å². The number of benzene rings is 1. The monoisotopic (exact) mass is 207 g/mol. The van der Waals surface area contributed by atoms with Gasteiger partial charge in [-0.1, -0.05) is 56.9 Å². The van der Waals surface area contributed by atoms with Gasteiger partial charge >= 0.3 is 0 Å². The zero-order valence-corrected chi connectivity index (χ0v) is 10.7. The van der Waals surface area contributed by atoms with Crippen molar-refractivity contribution < 1.29 is 0 Å². The summed E-state index contributed by atoms with van der Waals surface area (Å²) in [4.78, 5) is 0. The summed E-state index contributed by atoms with van der Waals surface area (Å²) in [5.74, 6) is 0. The molecule has 0 amide bonds. The smallest absolute Gasteiger partial charge is 0.0631 e. The molecule has 0 saturated heterocycles. The number of rotatable bonds is 4. The van der Waals surface area contributed by atoms with E-state index in [4.69, 9.17) is 0 Å². The second-order valence-corrected chi connectivity index (χ2v) is 10.6. The van der Waals surface area contributed by atoms with Gasteiger partial charge in [0.15, 0.2) is 0 Å². The van der Waals surface area contributed by atoms with E-state index in [0.29, 0.717) is 5.67 Å². The maximum atomic E-state index is 3.60. The molecule has 0 unspecified atom stereocenters. The summed E-state index contributed by atoms with van der Waals surface area (Å²) in [6, 6.07) is 10.6. The van der Waals surface area contributed by atoms with E-state index >= 15 is 0 Å². The van der Waals surface area contributed by atoms with Crippen LogP contribution in [0.5, 0.6) is 0 Å². The maximum absolute atomic E-state index is 3.60. The van der Waals surface area contributed by atoms with Crippen LogP contribution in [0.1, 0.15) is 12.5 Å². The van der Waals surface area contributed by atoms with Gasteiger partial charge in [-0.2, -0.15) is 0 Å². The van der Waals surface area contributed by atoms with Crippen molar-refractivity contribution >= 4 is 8.07 Å². The van der Waals surface area contributed by atoms with Gasteiger partial charge in [-0.05, 0) is 11.2 Å². The maximum Gasteiger partial charge on any atom is 0.0631 e. The van der Waals surface area contributed by atoms with Gasteiger partial charge in [-0.3, -0.25) is 0 Å². The van der Waals surface area contributed by atoms with Gasteiger partial charge in [0.1, 0.15) is 0 Å². The lowest BCUT2D eigenvalue weighted by atomic mass is 10.2. The first-order valence-electron chi connectivity index (χ1n) is 5.27. The third-order valence-corrected chi connectivity index (χ3v) is 5.56. The quantitative estimate of drug-likeness (QED) is 0.748. The number of hydrogen-bond donors (Lipinski definition) is 1. The highest BCUT2D eigenvalue weighted by Gasteiger charge is 2.21. The van der Waals surface area contributed by atoms with E-state index in [1.807, 2.05) is 0 Å². The molecular formula is C12H21NSi. The summed E-state index contributed by atoms with van der Waals surface area (Å²) in [5, 5.41) is 3.60. The molecule has 0 heterocycles. The van der Waals surface area contributed by atoms with Crippen LogP contribution in [0.2, 0.25) is 19.6 Å². The van der Waals surface area contributed by atoms with Crippen molar-refractivity contribution in [1.29, 1.82) is 0 Å². The first-order valence-corrected chi connectivity index (χ1v) is 8.85. The standard InChI is InChI=1S/C12H21NSi/c1-11(14(2,3)4)13-10-12-8-6-5-7-9-12/h5-9,11,13H,10H2,1-4H3/t11-/m1/s1. The Bertz CT molecular complexity index is 263. The molecule has 1 rings (SSSR count). The third-order valence-electron chi connectivity index (χ3n) is 2.75. The molecule has 0 aliphatic rings. The molecule has 0 aliphatic heterocycles. The Kier molecular flexibility index (Phi) is 3.90. The fourth-order valence-corrected chi connectivity index (χ4v) is 1.89. The van der Waals surface area contributed by atoms with Gasteiger partial charge in [0.05, 0.1) is 8.07 Å². The molecule has 0 bridgehead atoms. The average Bonchev–Trinajstić information content (AvgIpc) is 2.14. The molecule has 1 nitrogen and oxygen atoms in total. The SMILES string of the molecule is C[C@H](NCc1ccccc1)[Si](C)(C)C. The Morgan fingerprint density at radius 2 is 1.71 bits per heavy atom. The molecule has 2 heteroatoms. The minimum atomic E-state index is -1.03. The molecule has 0 fully saturated rings. The minimum Gasteiger partial charge on any atom is -0.313 e. The van der Waals surface area contributed by atoms with Crippen molar-refractivity contribution in [2.75, 3.05) is 0 Å². The summed E-state index contributed by atoms with van der Waals surface area (Å²) in [7, 11) is -1.03. The molecule has 0 radical (unpaired) electrons. The summed E-state index contributed by atoms with van der Waals surface area (Å²) in [5.41, 5.74) is 2.04. The Hall–Kier alpha value is -0.603. The molecular weight excluding hydrogens is 186 g/mol. The molecule has 0 aromatic heterocycles. The normalized spacial score (nSPS) is 14.0. The molecule has 1 aromatic carbocycles. The summed E-state index contributed by atoms with van der Waals surface area (Å²) in [6.07, 6.45) is 0. The lowest BCUT2D eigenvalue weighted by Crippen LogP contribution is -2.46. The Labute approximate surface area is 88.6 Å². The van der Waals surface area contributed by atoms with Gasteiger partial charge in [-0.15, -0.1) is 0 Å². The summed E-state index contributed by atoms with van der Waals surface area (Å²) < 4.78 is 0. The van der Waals surface area contributed by atoms with E-state index in [-0.39, 0.29) is 0 Å². The van der Waals surface area contributed by atoms with E-state index in [1.165, 1.54) is 5.56 Å². The van der Waals surface area contributed by atoms with Crippen LogP contribution in [-0.2, 0) is 6.54 Å². The fraction of sp³-hybridized carbons (Fsp3) is 0.500. The Morgan fingerprint density at radius 1 is 1.14 bits per heavy atom. The van der Waals surface area contributed by atoms with Gasteiger partial charge in [0, 0.05) is 6.54 Å². The summed E-state index contributed by atoms with van der Waals surface area (Å²) >= 11 is 0. The summed E-state index contributed by atoms with van der Waals surface area (Å²) in [6.45, 7) is 10.5. The molecule has 0 spiro atoms. The van der Waals surface area contributed by atoms with Gasteiger partial charge < -0.3 is 5.32 Å². The van der Waals surface area contributed by atoms with Gasteiger partial charge in [0.25, 0.3) is 0 Å². The van der Waals surface area contributed by atoms with Crippen LogP contribution in [0.15, 0.2) is 30.3 Å². The third kappa shape index (κ3) is 3.64. The van der Waals surface area contributed by atoms with Crippen LogP contribution >= 0.6 is 0 Å². The topological polar surface area (TPSA) is 12.0 Å². The molecule has 1 N–H and O–H groups in total. The zero-order valence-electron chi connectivity index (χ0n) is 9.67. The highest BCUT2D eigenvalue weighted by Crippen LogP contribution is 2.07. The van der Waals surface area contributed by atoms with E-state index < -0.39 is 8.07 Å². The number of nitrogens with one attached hydrogen (secondary N) is 1. The largest absolute Gasteiger partial charge is 0.313 e. The van der Waals surface area contributed by atoms with Crippen molar-refractivity contribution in [3.63, 3.8) is 0 Å². The second-order valence-electron chi connectivity index (χ2n) is 4.95. The average molecular weight is 207 g/mol. The minimum absolute atomic E-state index is 0.669. The highest BCUT2D eigenvalue weighted by atomic mass is 28.3. The predicted octanol–water partition coefficient (Wildman–Crippen LogP) is 3.04. The fourth-order valence-electron chi connectivity index (χ4n) is 1.17. The van der Waals surface area contributed by atoms with Crippen LogP contribution in [0, 0.1) is 0 Å². The first kappa shape index (κ1) is 11.5. The Balaban J connectivity index is 2.42. The predicted molar refractivity (Wildman–Crippen MR) is 66.1 cm³/mol. The Morgan fingerprint density at radius 3 is 2.21 bits per heavy atom. The van der Waals surface area contributed by atoms with Crippen molar-refractivity contribution in [3.8, 4) is 0 Å². The molecule has 0 saturated carbocycles. The van der Waals surface area contributed by atoms with Crippen LogP contribution < -0.4 is 5.32 Å². The van der Waals surface area contributed by atoms with Crippen LogP contribution in [0.3, 0.4) is 0 Å². The van der Waals surface area contributed by atoms with E-state index in [0.717, 1.165) is 6.54 Å². The van der Waals surface area contributed by atoms with Crippen LogP contribution in [0.25, 0.3) is 0 Å². The van der Waals surface area contributed by atoms with Crippen molar-refractivity contribution in [3.05, 3.63) is 35.9 Å². The van der Waals surface area contributed by atoms with E-state index in [9.17, 15) is 0 Å². The molecule has 14 heavy (non-hydrogen) atoms.